The Bertz CT molecular complexity index is 809. The zero-order chi connectivity index (χ0) is 15.5. The van der Waals surface area contributed by atoms with Crippen molar-refractivity contribution >= 4 is 28.4 Å². The van der Waals surface area contributed by atoms with E-state index in [1.807, 2.05) is 43.3 Å². The van der Waals surface area contributed by atoms with Gasteiger partial charge in [-0.3, -0.25) is 4.79 Å². The third kappa shape index (κ3) is 3.00. The third-order valence-corrected chi connectivity index (χ3v) is 4.02. The molecule has 0 aliphatic heterocycles. The summed E-state index contributed by atoms with van der Waals surface area (Å²) in [5.41, 5.74) is 3.66. The first-order valence-electron chi connectivity index (χ1n) is 7.25. The quantitative estimate of drug-likeness (QED) is 0.748. The number of amides is 1. The summed E-state index contributed by atoms with van der Waals surface area (Å²) in [6, 6.07) is 15.7. The summed E-state index contributed by atoms with van der Waals surface area (Å²) < 4.78 is 0. The summed E-state index contributed by atoms with van der Waals surface area (Å²) >= 11 is 6.02. The van der Waals surface area contributed by atoms with E-state index in [1.54, 1.807) is 0 Å². The Balaban J connectivity index is 1.71. The summed E-state index contributed by atoms with van der Waals surface area (Å²) in [4.78, 5) is 15.5. The van der Waals surface area contributed by atoms with Crippen molar-refractivity contribution in [3.8, 4) is 0 Å². The predicted octanol–water partition coefficient (Wildman–Crippen LogP) is 4.10. The van der Waals surface area contributed by atoms with Crippen molar-refractivity contribution in [2.75, 3.05) is 6.54 Å². The number of benzene rings is 2. The van der Waals surface area contributed by atoms with Gasteiger partial charge in [0.2, 0.25) is 0 Å². The lowest BCUT2D eigenvalue weighted by atomic mass is 10.1. The third-order valence-electron chi connectivity index (χ3n) is 3.79. The molecular weight excluding hydrogens is 296 g/mol. The van der Waals surface area contributed by atoms with E-state index in [0.717, 1.165) is 22.9 Å². The minimum absolute atomic E-state index is 0.0826. The number of aromatic amines is 1. The van der Waals surface area contributed by atoms with Crippen LogP contribution in [0.3, 0.4) is 0 Å². The average molecular weight is 313 g/mol. The summed E-state index contributed by atoms with van der Waals surface area (Å²) in [5, 5.41) is 4.62. The maximum absolute atomic E-state index is 12.3. The van der Waals surface area contributed by atoms with Crippen molar-refractivity contribution in [3.63, 3.8) is 0 Å². The molecule has 1 aromatic heterocycles. The van der Waals surface area contributed by atoms with E-state index in [4.69, 9.17) is 11.6 Å². The molecule has 3 aromatic rings. The highest BCUT2D eigenvalue weighted by molar-refractivity contribution is 6.31. The van der Waals surface area contributed by atoms with Crippen LogP contribution >= 0.6 is 11.6 Å². The first-order valence-corrected chi connectivity index (χ1v) is 7.63. The van der Waals surface area contributed by atoms with Crippen molar-refractivity contribution in [2.24, 2.45) is 0 Å². The van der Waals surface area contributed by atoms with Crippen LogP contribution in [0.15, 0.2) is 48.5 Å². The molecule has 1 amide bonds. The number of hydrogen-bond acceptors (Lipinski definition) is 1. The lowest BCUT2D eigenvalue weighted by molar-refractivity contribution is 0.0949. The zero-order valence-electron chi connectivity index (χ0n) is 12.3. The number of fused-ring (bicyclic) bond motifs is 1. The minimum atomic E-state index is -0.0826. The Labute approximate surface area is 134 Å². The van der Waals surface area contributed by atoms with Gasteiger partial charge in [0.1, 0.15) is 5.69 Å². The van der Waals surface area contributed by atoms with Gasteiger partial charge in [0, 0.05) is 22.5 Å². The van der Waals surface area contributed by atoms with Gasteiger partial charge in [0.25, 0.3) is 5.91 Å². The van der Waals surface area contributed by atoms with E-state index in [9.17, 15) is 4.79 Å². The predicted molar refractivity (Wildman–Crippen MR) is 90.5 cm³/mol. The summed E-state index contributed by atoms with van der Waals surface area (Å²) in [7, 11) is 0. The summed E-state index contributed by atoms with van der Waals surface area (Å²) in [5.74, 6) is -0.0826. The second-order valence-electron chi connectivity index (χ2n) is 5.31. The fourth-order valence-electron chi connectivity index (χ4n) is 2.58. The lowest BCUT2D eigenvalue weighted by Gasteiger charge is -2.05. The van der Waals surface area contributed by atoms with Crippen LogP contribution in [-0.2, 0) is 6.42 Å². The van der Waals surface area contributed by atoms with Crippen molar-refractivity contribution in [1.29, 1.82) is 0 Å². The molecule has 0 aliphatic carbocycles. The molecule has 2 N–H and O–H groups in total. The molecule has 0 atom stereocenters. The molecule has 0 spiro atoms. The Morgan fingerprint density at radius 2 is 1.95 bits per heavy atom. The second kappa shape index (κ2) is 6.24. The fraction of sp³-hybridized carbons (Fsp3) is 0.167. The monoisotopic (exact) mass is 312 g/mol. The highest BCUT2D eigenvalue weighted by Gasteiger charge is 2.14. The van der Waals surface area contributed by atoms with Crippen molar-refractivity contribution < 1.29 is 4.79 Å². The maximum Gasteiger partial charge on any atom is 0.268 e. The highest BCUT2D eigenvalue weighted by Crippen LogP contribution is 2.24. The van der Waals surface area contributed by atoms with Gasteiger partial charge in [-0.15, -0.1) is 0 Å². The number of hydrogen-bond donors (Lipinski definition) is 2. The lowest BCUT2D eigenvalue weighted by Crippen LogP contribution is -2.26. The van der Waals surface area contributed by atoms with Crippen molar-refractivity contribution in [3.05, 3.63) is 70.4 Å². The molecule has 0 unspecified atom stereocenters. The van der Waals surface area contributed by atoms with Crippen LogP contribution in [0.25, 0.3) is 10.9 Å². The number of aromatic nitrogens is 1. The Morgan fingerprint density at radius 3 is 2.73 bits per heavy atom. The molecule has 2 aromatic carbocycles. The molecule has 0 aliphatic rings. The first-order chi connectivity index (χ1) is 10.6. The number of rotatable bonds is 4. The molecule has 3 rings (SSSR count). The number of H-pyrrole nitrogens is 1. The van der Waals surface area contributed by atoms with Gasteiger partial charge < -0.3 is 10.3 Å². The van der Waals surface area contributed by atoms with Crippen molar-refractivity contribution in [2.45, 2.75) is 13.3 Å². The first kappa shape index (κ1) is 14.7. The maximum atomic E-state index is 12.3. The van der Waals surface area contributed by atoms with Crippen LogP contribution in [0.4, 0.5) is 0 Å². The highest BCUT2D eigenvalue weighted by atomic mass is 35.5. The van der Waals surface area contributed by atoms with E-state index in [2.05, 4.69) is 22.4 Å². The molecule has 3 nitrogen and oxygen atoms in total. The Kier molecular flexibility index (Phi) is 4.16. The van der Waals surface area contributed by atoms with Gasteiger partial charge in [0.05, 0.1) is 0 Å². The molecule has 0 radical (unpaired) electrons. The topological polar surface area (TPSA) is 44.9 Å². The van der Waals surface area contributed by atoms with Crippen LogP contribution < -0.4 is 5.32 Å². The smallest absolute Gasteiger partial charge is 0.268 e. The zero-order valence-corrected chi connectivity index (χ0v) is 13.1. The van der Waals surface area contributed by atoms with E-state index < -0.39 is 0 Å². The van der Waals surface area contributed by atoms with Crippen LogP contribution in [0.2, 0.25) is 5.02 Å². The Morgan fingerprint density at radius 1 is 1.18 bits per heavy atom. The van der Waals surface area contributed by atoms with Gasteiger partial charge in [0.15, 0.2) is 0 Å². The van der Waals surface area contributed by atoms with E-state index >= 15 is 0 Å². The van der Waals surface area contributed by atoms with Gasteiger partial charge >= 0.3 is 0 Å². The largest absolute Gasteiger partial charge is 0.350 e. The Hall–Kier alpha value is -2.26. The van der Waals surface area contributed by atoms with Crippen LogP contribution in [0.1, 0.15) is 21.6 Å². The SMILES string of the molecule is Cc1c(C(=O)NCCc2ccccc2)[nH]c2ccc(Cl)cc12. The van der Waals surface area contributed by atoms with Crippen LogP contribution in [0.5, 0.6) is 0 Å². The van der Waals surface area contributed by atoms with Crippen LogP contribution in [0, 0.1) is 6.92 Å². The molecular formula is C18H17ClN2O. The molecule has 1 heterocycles. The van der Waals surface area contributed by atoms with Crippen molar-refractivity contribution in [1.82, 2.24) is 10.3 Å². The summed E-state index contributed by atoms with van der Waals surface area (Å²) in [6.07, 6.45) is 0.817. The van der Waals surface area contributed by atoms with Gasteiger partial charge in [-0.2, -0.15) is 0 Å². The second-order valence-corrected chi connectivity index (χ2v) is 5.74. The molecule has 0 saturated heterocycles. The van der Waals surface area contributed by atoms with Crippen LogP contribution in [-0.4, -0.2) is 17.4 Å². The number of nitrogens with one attached hydrogen (secondary N) is 2. The summed E-state index contributed by atoms with van der Waals surface area (Å²) in [6.45, 7) is 2.54. The van der Waals surface area contributed by atoms with Gasteiger partial charge in [-0.25, -0.2) is 0 Å². The number of halogens is 1. The van der Waals surface area contributed by atoms with E-state index in [0.29, 0.717) is 17.3 Å². The standard InChI is InChI=1S/C18H17ClN2O/c1-12-15-11-14(19)7-8-16(15)21-17(12)18(22)20-10-9-13-5-3-2-4-6-13/h2-8,11,21H,9-10H2,1H3,(H,20,22). The molecule has 112 valence electrons. The average Bonchev–Trinajstić information content (AvgIpc) is 2.85. The van der Waals surface area contributed by atoms with E-state index in [1.165, 1.54) is 5.56 Å². The molecule has 0 bridgehead atoms. The molecule has 0 fully saturated rings. The molecule has 4 heteroatoms. The molecule has 0 saturated carbocycles. The normalized spacial score (nSPS) is 10.8. The number of aryl methyl sites for hydroxylation is 1. The van der Waals surface area contributed by atoms with Gasteiger partial charge in [-0.05, 0) is 42.7 Å². The van der Waals surface area contributed by atoms with Gasteiger partial charge in [-0.1, -0.05) is 41.9 Å². The molecule has 22 heavy (non-hydrogen) atoms. The minimum Gasteiger partial charge on any atom is -0.350 e. The number of carbonyl (C=O) groups excluding carboxylic acids is 1. The fourth-order valence-corrected chi connectivity index (χ4v) is 2.75. The number of carbonyl (C=O) groups is 1. The van der Waals surface area contributed by atoms with E-state index in [-0.39, 0.29) is 5.91 Å².